The Morgan fingerprint density at radius 3 is 2.64 bits per heavy atom. The zero-order chi connectivity index (χ0) is 15.5. The summed E-state index contributed by atoms with van der Waals surface area (Å²) >= 11 is 6.40. The van der Waals surface area contributed by atoms with Crippen LogP contribution in [0.5, 0.6) is 5.75 Å². The van der Waals surface area contributed by atoms with Gasteiger partial charge in [-0.05, 0) is 37.5 Å². The molecule has 3 rings (SSSR count). The van der Waals surface area contributed by atoms with Gasteiger partial charge in [0, 0.05) is 5.56 Å². The summed E-state index contributed by atoms with van der Waals surface area (Å²) < 4.78 is 5.39. The van der Waals surface area contributed by atoms with Crippen LogP contribution in [-0.2, 0) is 0 Å². The van der Waals surface area contributed by atoms with Crippen molar-refractivity contribution in [3.8, 4) is 17.0 Å². The zero-order valence-electron chi connectivity index (χ0n) is 12.6. The highest BCUT2D eigenvalue weighted by atomic mass is 35.5. The normalized spacial score (nSPS) is 13.9. The number of aromatic nitrogens is 2. The van der Waals surface area contributed by atoms with Crippen LogP contribution in [0.15, 0.2) is 42.5 Å². The fourth-order valence-electron chi connectivity index (χ4n) is 2.57. The molecule has 0 atom stereocenters. The van der Waals surface area contributed by atoms with Gasteiger partial charge in [0.15, 0.2) is 5.15 Å². The molecule has 0 N–H and O–H groups in total. The number of ether oxygens (including phenoxy) is 1. The third kappa shape index (κ3) is 2.77. The fourth-order valence-corrected chi connectivity index (χ4v) is 2.80. The first-order valence-corrected chi connectivity index (χ1v) is 7.63. The third-order valence-electron chi connectivity index (χ3n) is 3.66. The van der Waals surface area contributed by atoms with Gasteiger partial charge in [-0.3, -0.25) is 0 Å². The Morgan fingerprint density at radius 2 is 1.91 bits per heavy atom. The molecule has 0 spiro atoms. The van der Waals surface area contributed by atoms with E-state index in [0.29, 0.717) is 10.8 Å². The molecule has 1 aromatic heterocycles. The standard InChI is InChI=1S/C18H17ClN2O/c1-12-16(13-8-4-3-5-9-13)21-18(19)17(20-12)14-10-6-7-11-15(14)22-2/h4,6-11H,3,5H2,1-2H3. The number of aryl methyl sites for hydroxylation is 1. The molecule has 0 bridgehead atoms. The Kier molecular flexibility index (Phi) is 4.25. The minimum Gasteiger partial charge on any atom is -0.496 e. The smallest absolute Gasteiger partial charge is 0.156 e. The first-order valence-electron chi connectivity index (χ1n) is 7.25. The lowest BCUT2D eigenvalue weighted by molar-refractivity contribution is 0.416. The minimum absolute atomic E-state index is 0.393. The van der Waals surface area contributed by atoms with Crippen molar-refractivity contribution in [1.82, 2.24) is 9.97 Å². The van der Waals surface area contributed by atoms with Crippen molar-refractivity contribution in [3.05, 3.63) is 59.0 Å². The second-order valence-electron chi connectivity index (χ2n) is 5.14. The minimum atomic E-state index is 0.393. The van der Waals surface area contributed by atoms with Crippen molar-refractivity contribution >= 4 is 17.2 Å². The molecule has 0 fully saturated rings. The van der Waals surface area contributed by atoms with Crippen LogP contribution < -0.4 is 4.74 Å². The quantitative estimate of drug-likeness (QED) is 0.812. The van der Waals surface area contributed by atoms with E-state index >= 15 is 0 Å². The van der Waals surface area contributed by atoms with Gasteiger partial charge in [-0.1, -0.05) is 42.0 Å². The molecule has 0 unspecified atom stereocenters. The van der Waals surface area contributed by atoms with Crippen LogP contribution in [0.2, 0.25) is 5.15 Å². The summed E-state index contributed by atoms with van der Waals surface area (Å²) in [6.07, 6.45) is 8.51. The summed E-state index contributed by atoms with van der Waals surface area (Å²) in [5, 5.41) is 0.393. The number of hydrogen-bond acceptors (Lipinski definition) is 3. The van der Waals surface area contributed by atoms with Crippen LogP contribution in [0.1, 0.15) is 24.2 Å². The van der Waals surface area contributed by atoms with E-state index in [0.717, 1.165) is 41.1 Å². The number of benzene rings is 1. The van der Waals surface area contributed by atoms with Crippen LogP contribution in [0.25, 0.3) is 16.8 Å². The van der Waals surface area contributed by atoms with Crippen molar-refractivity contribution in [2.24, 2.45) is 0 Å². The number of rotatable bonds is 3. The Balaban J connectivity index is 2.10. The van der Waals surface area contributed by atoms with E-state index in [1.54, 1.807) is 7.11 Å². The zero-order valence-corrected chi connectivity index (χ0v) is 13.4. The van der Waals surface area contributed by atoms with E-state index < -0.39 is 0 Å². The van der Waals surface area contributed by atoms with Gasteiger partial charge < -0.3 is 4.74 Å². The molecule has 0 saturated heterocycles. The van der Waals surface area contributed by atoms with Crippen molar-refractivity contribution in [2.75, 3.05) is 7.11 Å². The lowest BCUT2D eigenvalue weighted by atomic mass is 10.0. The third-order valence-corrected chi connectivity index (χ3v) is 3.92. The summed E-state index contributed by atoms with van der Waals surface area (Å²) in [5.74, 6) is 0.739. The van der Waals surface area contributed by atoms with Gasteiger partial charge in [-0.2, -0.15) is 0 Å². The van der Waals surface area contributed by atoms with E-state index in [-0.39, 0.29) is 0 Å². The lowest BCUT2D eigenvalue weighted by Crippen LogP contribution is -2.01. The van der Waals surface area contributed by atoms with E-state index in [1.807, 2.05) is 31.2 Å². The van der Waals surface area contributed by atoms with Crippen LogP contribution in [0.3, 0.4) is 0 Å². The summed E-state index contributed by atoms with van der Waals surface area (Å²) in [4.78, 5) is 9.25. The van der Waals surface area contributed by atoms with Gasteiger partial charge in [-0.15, -0.1) is 0 Å². The molecule has 1 aromatic carbocycles. The molecule has 3 nitrogen and oxygen atoms in total. The number of methoxy groups -OCH3 is 1. The Morgan fingerprint density at radius 1 is 1.09 bits per heavy atom. The molecule has 1 aliphatic rings. The van der Waals surface area contributed by atoms with Gasteiger partial charge in [0.2, 0.25) is 0 Å². The number of halogens is 1. The number of para-hydroxylation sites is 1. The maximum absolute atomic E-state index is 6.40. The van der Waals surface area contributed by atoms with Crippen LogP contribution in [0.4, 0.5) is 0 Å². The Bertz CT molecular complexity index is 766. The molecule has 0 aliphatic heterocycles. The molecule has 2 aromatic rings. The van der Waals surface area contributed by atoms with E-state index in [1.165, 1.54) is 0 Å². The molecule has 1 heterocycles. The molecule has 0 radical (unpaired) electrons. The Hall–Kier alpha value is -2.13. The highest BCUT2D eigenvalue weighted by molar-refractivity contribution is 6.32. The second-order valence-corrected chi connectivity index (χ2v) is 5.49. The monoisotopic (exact) mass is 312 g/mol. The molecule has 1 aliphatic carbocycles. The van der Waals surface area contributed by atoms with Crippen LogP contribution >= 0.6 is 11.6 Å². The SMILES string of the molecule is COc1ccccc1-c1nc(C)c(C2=CCCC=C2)nc1Cl. The second kappa shape index (κ2) is 6.32. The Labute approximate surface area is 135 Å². The van der Waals surface area contributed by atoms with Crippen LogP contribution in [-0.4, -0.2) is 17.1 Å². The number of nitrogens with zero attached hydrogens (tertiary/aromatic N) is 2. The highest BCUT2D eigenvalue weighted by Crippen LogP contribution is 2.34. The molecule has 0 amide bonds. The largest absolute Gasteiger partial charge is 0.496 e. The molecule has 4 heteroatoms. The maximum atomic E-state index is 6.40. The number of allylic oxidation sites excluding steroid dienone is 4. The topological polar surface area (TPSA) is 35.0 Å². The van der Waals surface area contributed by atoms with E-state index in [9.17, 15) is 0 Å². The molecular formula is C18H17ClN2O. The maximum Gasteiger partial charge on any atom is 0.156 e. The van der Waals surface area contributed by atoms with Gasteiger partial charge in [0.05, 0.1) is 18.5 Å². The average Bonchev–Trinajstić information content (AvgIpc) is 2.57. The van der Waals surface area contributed by atoms with E-state index in [4.69, 9.17) is 16.3 Å². The van der Waals surface area contributed by atoms with Gasteiger partial charge >= 0.3 is 0 Å². The molecule has 112 valence electrons. The molecule has 22 heavy (non-hydrogen) atoms. The van der Waals surface area contributed by atoms with Crippen molar-refractivity contribution in [2.45, 2.75) is 19.8 Å². The summed E-state index contributed by atoms with van der Waals surface area (Å²) in [7, 11) is 1.64. The van der Waals surface area contributed by atoms with E-state index in [2.05, 4.69) is 28.2 Å². The van der Waals surface area contributed by atoms with Gasteiger partial charge in [0.25, 0.3) is 0 Å². The number of hydrogen-bond donors (Lipinski definition) is 0. The van der Waals surface area contributed by atoms with Crippen molar-refractivity contribution in [1.29, 1.82) is 0 Å². The van der Waals surface area contributed by atoms with Crippen molar-refractivity contribution < 1.29 is 4.74 Å². The predicted molar refractivity (Wildman–Crippen MR) is 90.1 cm³/mol. The first kappa shape index (κ1) is 14.8. The van der Waals surface area contributed by atoms with Crippen molar-refractivity contribution in [3.63, 3.8) is 0 Å². The predicted octanol–water partition coefficient (Wildman–Crippen LogP) is 4.85. The summed E-state index contributed by atoms with van der Waals surface area (Å²) in [6.45, 7) is 1.96. The fraction of sp³-hybridized carbons (Fsp3) is 0.222. The molecule has 0 saturated carbocycles. The summed E-state index contributed by atoms with van der Waals surface area (Å²) in [5.41, 5.74) is 4.30. The first-order chi connectivity index (χ1) is 10.7. The molecular weight excluding hydrogens is 296 g/mol. The average molecular weight is 313 g/mol. The lowest BCUT2D eigenvalue weighted by Gasteiger charge is -2.13. The highest BCUT2D eigenvalue weighted by Gasteiger charge is 2.16. The van der Waals surface area contributed by atoms with Gasteiger partial charge in [-0.25, -0.2) is 9.97 Å². The van der Waals surface area contributed by atoms with Gasteiger partial charge in [0.1, 0.15) is 11.4 Å². The summed E-state index contributed by atoms with van der Waals surface area (Å²) in [6, 6.07) is 7.69. The van der Waals surface area contributed by atoms with Crippen LogP contribution in [0, 0.1) is 6.92 Å².